The van der Waals surface area contributed by atoms with E-state index in [4.69, 9.17) is 5.21 Å². The van der Waals surface area contributed by atoms with Crippen molar-refractivity contribution in [1.82, 2.24) is 0 Å². The standard InChI is InChI=1S/C12H22N2O3/c15-13-11-9-7-5-3-1-2-4-6-8-10-12(11)14(16)17/h12,15H,1-10H2/b13-11+. The maximum absolute atomic E-state index is 11.0. The minimum absolute atomic E-state index is 0.305. The van der Waals surface area contributed by atoms with Crippen LogP contribution in [0.4, 0.5) is 0 Å². The fourth-order valence-corrected chi connectivity index (χ4v) is 2.38. The Hall–Kier alpha value is -1.13. The van der Waals surface area contributed by atoms with E-state index in [9.17, 15) is 10.1 Å². The normalized spacial score (nSPS) is 27.1. The topological polar surface area (TPSA) is 75.7 Å². The molecule has 0 spiro atoms. The minimum atomic E-state index is -0.778. The van der Waals surface area contributed by atoms with Crippen molar-refractivity contribution in [2.75, 3.05) is 0 Å². The van der Waals surface area contributed by atoms with Crippen LogP contribution in [0.5, 0.6) is 0 Å². The molecule has 1 rings (SSSR count). The summed E-state index contributed by atoms with van der Waals surface area (Å²) in [5.41, 5.74) is 0.357. The lowest BCUT2D eigenvalue weighted by atomic mass is 9.97. The first-order chi connectivity index (χ1) is 8.25. The summed E-state index contributed by atoms with van der Waals surface area (Å²) in [5, 5.41) is 23.0. The van der Waals surface area contributed by atoms with Crippen LogP contribution in [0.2, 0.25) is 0 Å². The number of hydrogen-bond donors (Lipinski definition) is 1. The van der Waals surface area contributed by atoms with Crippen molar-refractivity contribution < 1.29 is 10.1 Å². The second-order valence-electron chi connectivity index (χ2n) is 4.76. The number of nitrogens with zero attached hydrogens (tertiary/aromatic N) is 2. The first-order valence-electron chi connectivity index (χ1n) is 6.60. The Morgan fingerprint density at radius 1 is 1.06 bits per heavy atom. The minimum Gasteiger partial charge on any atom is -0.411 e. The van der Waals surface area contributed by atoms with Crippen LogP contribution >= 0.6 is 0 Å². The quantitative estimate of drug-likeness (QED) is 0.435. The Bertz CT molecular complexity index is 266. The van der Waals surface area contributed by atoms with Crippen molar-refractivity contribution in [3.63, 3.8) is 0 Å². The molecule has 5 nitrogen and oxygen atoms in total. The van der Waals surface area contributed by atoms with Gasteiger partial charge in [0.15, 0.2) is 0 Å². The lowest BCUT2D eigenvalue weighted by Gasteiger charge is -2.12. The molecule has 5 heteroatoms. The van der Waals surface area contributed by atoms with Crippen molar-refractivity contribution in [1.29, 1.82) is 0 Å². The molecule has 17 heavy (non-hydrogen) atoms. The largest absolute Gasteiger partial charge is 0.411 e. The zero-order valence-corrected chi connectivity index (χ0v) is 10.3. The van der Waals surface area contributed by atoms with Gasteiger partial charge in [-0.3, -0.25) is 10.1 Å². The maximum Gasteiger partial charge on any atom is 0.254 e. The molecule has 0 aromatic rings. The van der Waals surface area contributed by atoms with Gasteiger partial charge in [-0.15, -0.1) is 0 Å². The molecule has 0 bridgehead atoms. The molecule has 1 fully saturated rings. The van der Waals surface area contributed by atoms with E-state index in [0.717, 1.165) is 32.1 Å². The molecule has 1 unspecified atom stereocenters. The lowest BCUT2D eigenvalue weighted by molar-refractivity contribution is -0.504. The van der Waals surface area contributed by atoms with E-state index in [1.807, 2.05) is 0 Å². The summed E-state index contributed by atoms with van der Waals surface area (Å²) in [5.74, 6) is 0. The molecule has 0 aromatic heterocycles. The molecule has 0 amide bonds. The average molecular weight is 242 g/mol. The SMILES string of the molecule is O=[N+]([O-])C1CCCCCCCCCC/C1=N\O. The molecular formula is C12H22N2O3. The van der Waals surface area contributed by atoms with Crippen LogP contribution in [0.3, 0.4) is 0 Å². The second-order valence-corrected chi connectivity index (χ2v) is 4.76. The van der Waals surface area contributed by atoms with Crippen LogP contribution in [-0.2, 0) is 0 Å². The van der Waals surface area contributed by atoms with Crippen LogP contribution in [0, 0.1) is 10.1 Å². The maximum atomic E-state index is 11.0. The molecule has 1 N–H and O–H groups in total. The Labute approximate surface area is 102 Å². The molecular weight excluding hydrogens is 220 g/mol. The highest BCUT2D eigenvalue weighted by Crippen LogP contribution is 2.17. The number of hydrogen-bond acceptors (Lipinski definition) is 4. The molecule has 1 saturated carbocycles. The molecule has 0 heterocycles. The molecule has 98 valence electrons. The van der Waals surface area contributed by atoms with Crippen LogP contribution in [0.15, 0.2) is 5.16 Å². The van der Waals surface area contributed by atoms with Gasteiger partial charge in [0, 0.05) is 11.3 Å². The summed E-state index contributed by atoms with van der Waals surface area (Å²) in [6.07, 6.45) is 9.77. The summed E-state index contributed by atoms with van der Waals surface area (Å²) in [7, 11) is 0. The summed E-state index contributed by atoms with van der Waals surface area (Å²) in [4.78, 5) is 10.6. The van der Waals surface area contributed by atoms with Gasteiger partial charge < -0.3 is 5.21 Å². The monoisotopic (exact) mass is 242 g/mol. The van der Waals surface area contributed by atoms with Crippen LogP contribution in [0.25, 0.3) is 0 Å². The van der Waals surface area contributed by atoms with Crippen LogP contribution in [-0.4, -0.2) is 21.9 Å². The second kappa shape index (κ2) is 8.03. The van der Waals surface area contributed by atoms with E-state index in [2.05, 4.69) is 5.16 Å². The smallest absolute Gasteiger partial charge is 0.254 e. The van der Waals surface area contributed by atoms with Crippen molar-refractivity contribution in [2.24, 2.45) is 5.16 Å². The molecule has 0 saturated heterocycles. The summed E-state index contributed by atoms with van der Waals surface area (Å²) < 4.78 is 0. The van der Waals surface area contributed by atoms with Gasteiger partial charge in [0.1, 0.15) is 5.71 Å². The van der Waals surface area contributed by atoms with E-state index >= 15 is 0 Å². The first kappa shape index (κ1) is 13.9. The zero-order valence-electron chi connectivity index (χ0n) is 10.3. The highest BCUT2D eigenvalue weighted by Gasteiger charge is 2.26. The predicted molar refractivity (Wildman–Crippen MR) is 66.2 cm³/mol. The van der Waals surface area contributed by atoms with Gasteiger partial charge in [-0.1, -0.05) is 43.7 Å². The van der Waals surface area contributed by atoms with Gasteiger partial charge in [-0.25, -0.2) is 0 Å². The summed E-state index contributed by atoms with van der Waals surface area (Å²) >= 11 is 0. The fraction of sp³-hybridized carbons (Fsp3) is 0.917. The highest BCUT2D eigenvalue weighted by atomic mass is 16.6. The predicted octanol–water partition coefficient (Wildman–Crippen LogP) is 3.38. The van der Waals surface area contributed by atoms with Gasteiger partial charge in [0.25, 0.3) is 6.04 Å². The van der Waals surface area contributed by atoms with Gasteiger partial charge in [-0.05, 0) is 19.3 Å². The van der Waals surface area contributed by atoms with Crippen molar-refractivity contribution in [3.8, 4) is 0 Å². The van der Waals surface area contributed by atoms with Crippen LogP contribution < -0.4 is 0 Å². The third-order valence-electron chi connectivity index (χ3n) is 3.43. The lowest BCUT2D eigenvalue weighted by Crippen LogP contribution is -2.29. The molecule has 1 atom stereocenters. The summed E-state index contributed by atoms with van der Waals surface area (Å²) in [6, 6.07) is -0.778. The van der Waals surface area contributed by atoms with Gasteiger partial charge in [0.05, 0.1) is 0 Å². The van der Waals surface area contributed by atoms with Crippen molar-refractivity contribution in [3.05, 3.63) is 10.1 Å². The van der Waals surface area contributed by atoms with E-state index in [-0.39, 0.29) is 4.92 Å². The Morgan fingerprint density at radius 2 is 1.59 bits per heavy atom. The number of nitro groups is 1. The van der Waals surface area contributed by atoms with Gasteiger partial charge in [0.2, 0.25) is 0 Å². The average Bonchev–Trinajstić information content (AvgIpc) is 2.29. The molecule has 0 radical (unpaired) electrons. The molecule has 1 aliphatic rings. The van der Waals surface area contributed by atoms with Crippen molar-refractivity contribution >= 4 is 5.71 Å². The number of rotatable bonds is 1. The third kappa shape index (κ3) is 5.15. The Kier molecular flexibility index (Phi) is 6.58. The van der Waals surface area contributed by atoms with Gasteiger partial charge in [-0.2, -0.15) is 0 Å². The highest BCUT2D eigenvalue weighted by molar-refractivity contribution is 5.87. The van der Waals surface area contributed by atoms with E-state index < -0.39 is 6.04 Å². The molecule has 0 aliphatic heterocycles. The Balaban J connectivity index is 2.58. The van der Waals surface area contributed by atoms with E-state index in [1.54, 1.807) is 0 Å². The Morgan fingerprint density at radius 3 is 2.12 bits per heavy atom. The van der Waals surface area contributed by atoms with Gasteiger partial charge >= 0.3 is 0 Å². The summed E-state index contributed by atoms with van der Waals surface area (Å²) in [6.45, 7) is 0. The fourth-order valence-electron chi connectivity index (χ4n) is 2.38. The van der Waals surface area contributed by atoms with Crippen molar-refractivity contribution in [2.45, 2.75) is 70.3 Å². The van der Waals surface area contributed by atoms with Crippen LogP contribution in [0.1, 0.15) is 64.2 Å². The number of oxime groups is 1. The molecule has 0 aromatic carbocycles. The third-order valence-corrected chi connectivity index (χ3v) is 3.43. The molecule has 1 aliphatic carbocycles. The van der Waals surface area contributed by atoms with E-state index in [0.29, 0.717) is 18.6 Å². The zero-order chi connectivity index (χ0) is 12.5. The first-order valence-corrected chi connectivity index (χ1v) is 6.60. The van der Waals surface area contributed by atoms with E-state index in [1.165, 1.54) is 19.3 Å².